The molecule has 0 unspecified atom stereocenters. The van der Waals surface area contributed by atoms with Crippen LogP contribution in [0.25, 0.3) is 0 Å². The van der Waals surface area contributed by atoms with Gasteiger partial charge in [0.15, 0.2) is 0 Å². The molecule has 0 saturated heterocycles. The van der Waals surface area contributed by atoms with Gasteiger partial charge in [0, 0.05) is 0 Å². The molecule has 0 saturated carbocycles. The summed E-state index contributed by atoms with van der Waals surface area (Å²) in [4.78, 5) is 14.3. The Morgan fingerprint density at radius 2 is 1.29 bits per heavy atom. The predicted molar refractivity (Wildman–Crippen MR) is 36.5 cm³/mol. The van der Waals surface area contributed by atoms with Crippen LogP contribution in [-0.2, 0) is 4.46 Å². The quantitative estimate of drug-likeness (QED) is 0.418. The van der Waals surface area contributed by atoms with E-state index in [4.69, 9.17) is 14.1 Å². The van der Waals surface area contributed by atoms with Gasteiger partial charge in [-0.3, -0.25) is 4.46 Å². The Balaban J connectivity index is -0.0000000150. The Labute approximate surface area is 126 Å². The average molecular weight is 236 g/mol. The molecule has 0 fully saturated rings. The van der Waals surface area contributed by atoms with Crippen LogP contribution in [0.2, 0.25) is 0 Å². The average Bonchev–Trinajstić information content (AvgIpc) is 0.811. The molecule has 0 aliphatic carbocycles. The maximum absolute atomic E-state index is 8.74. The van der Waals surface area contributed by atoms with E-state index in [0.29, 0.717) is 0 Å². The Bertz CT molecular complexity index is 37.9. The van der Waals surface area contributed by atoms with E-state index in [0.717, 1.165) is 0 Å². The van der Waals surface area contributed by atoms with Crippen molar-refractivity contribution < 1.29 is 14.1 Å². The van der Waals surface area contributed by atoms with Gasteiger partial charge in [0.25, 0.3) is 0 Å². The van der Waals surface area contributed by atoms with E-state index in [2.05, 4.69) is 0 Å². The molecule has 7 heavy (non-hydrogen) atoms. The zero-order valence-electron chi connectivity index (χ0n) is 1.80. The first-order chi connectivity index (χ1) is 1.73. The summed E-state index contributed by atoms with van der Waals surface area (Å²) in [5.74, 6) is 0. The maximum atomic E-state index is 8.74. The molecule has 0 heterocycles. The molecule has 7 heteroatoms. The molecule has 0 aliphatic heterocycles. The van der Waals surface area contributed by atoms with Crippen molar-refractivity contribution in [2.24, 2.45) is 0 Å². The number of rotatable bonds is 0. The molecule has 0 aromatic heterocycles. The summed E-state index contributed by atoms with van der Waals surface area (Å²) in [6.45, 7) is 0. The first-order valence-corrected chi connectivity index (χ1v) is 1.95. The SMILES string of the molecule is O=[Si](O)O.[CaH2].[MgH2].[SrH2]. The van der Waals surface area contributed by atoms with E-state index < -0.39 is 9.17 Å². The van der Waals surface area contributed by atoms with E-state index in [1.807, 2.05) is 0 Å². The predicted octanol–water partition coefficient (Wildman–Crippen LogP) is -4.36. The van der Waals surface area contributed by atoms with Crippen LogP contribution in [-0.4, -0.2) is 125 Å². The van der Waals surface area contributed by atoms with Crippen LogP contribution in [0, 0.1) is 0 Å². The standard InChI is InChI=1S/Ca.Mg.H2O3Si.Sr.6H/c;;1-4(2)3;;;;;;;/h;;1-2H;;;;;;;. The van der Waals surface area contributed by atoms with Crippen LogP contribution in [0.5, 0.6) is 0 Å². The molecule has 36 valence electrons. The van der Waals surface area contributed by atoms with Gasteiger partial charge in [-0.05, 0) is 0 Å². The number of hydrogen-bond acceptors (Lipinski definition) is 1. The van der Waals surface area contributed by atoms with E-state index in [-0.39, 0.29) is 106 Å². The van der Waals surface area contributed by atoms with Gasteiger partial charge in [-0.1, -0.05) is 0 Å². The fraction of sp³-hybridized carbons (Fsp3) is 0. The van der Waals surface area contributed by atoms with Crippen LogP contribution in [0.1, 0.15) is 0 Å². The van der Waals surface area contributed by atoms with Gasteiger partial charge in [-0.15, -0.1) is 0 Å². The van der Waals surface area contributed by atoms with Gasteiger partial charge in [-0.2, -0.15) is 0 Å². The fourth-order valence-electron chi connectivity index (χ4n) is 0. The van der Waals surface area contributed by atoms with E-state index in [9.17, 15) is 0 Å². The van der Waals surface area contributed by atoms with Crippen molar-refractivity contribution >= 4 is 115 Å². The molecular formula is H8CaMgO3SiSr. The third kappa shape index (κ3) is 47.5. The Hall–Kier alpha value is 3.12. The summed E-state index contributed by atoms with van der Waals surface area (Å²) in [6, 6.07) is 0. The molecule has 0 atom stereocenters. The van der Waals surface area contributed by atoms with Crippen molar-refractivity contribution in [3.63, 3.8) is 0 Å². The van der Waals surface area contributed by atoms with Gasteiger partial charge in [0.05, 0.1) is 0 Å². The van der Waals surface area contributed by atoms with Crippen LogP contribution in [0.15, 0.2) is 0 Å². The molecule has 0 aliphatic rings. The van der Waals surface area contributed by atoms with Gasteiger partial charge >= 0.3 is 115 Å². The molecule has 0 aromatic rings. The normalized spacial score (nSPS) is 3.43. The molecule has 3 nitrogen and oxygen atoms in total. The summed E-state index contributed by atoms with van der Waals surface area (Å²) in [5.41, 5.74) is 0. The van der Waals surface area contributed by atoms with Crippen LogP contribution >= 0.6 is 0 Å². The van der Waals surface area contributed by atoms with Gasteiger partial charge in [-0.25, -0.2) is 0 Å². The van der Waals surface area contributed by atoms with Crippen molar-refractivity contribution in [3.8, 4) is 0 Å². The molecule has 0 aromatic carbocycles. The van der Waals surface area contributed by atoms with Gasteiger partial charge in [0.1, 0.15) is 0 Å². The van der Waals surface area contributed by atoms with Crippen molar-refractivity contribution in [1.29, 1.82) is 0 Å². The fourth-order valence-corrected chi connectivity index (χ4v) is 0. The third-order valence-corrected chi connectivity index (χ3v) is 0. The Kier molecular flexibility index (Phi) is 51.5. The van der Waals surface area contributed by atoms with Crippen LogP contribution in [0.4, 0.5) is 0 Å². The van der Waals surface area contributed by atoms with Crippen molar-refractivity contribution in [3.05, 3.63) is 0 Å². The number of hydrogen-bond donors (Lipinski definition) is 2. The second-order valence-electron chi connectivity index (χ2n) is 0.283. The van der Waals surface area contributed by atoms with Gasteiger partial charge < -0.3 is 9.59 Å². The second kappa shape index (κ2) is 16.1. The molecular weight excluding hydrogens is 228 g/mol. The molecule has 0 amide bonds. The van der Waals surface area contributed by atoms with Crippen LogP contribution in [0.3, 0.4) is 0 Å². The summed E-state index contributed by atoms with van der Waals surface area (Å²) in [7, 11) is -3.13. The second-order valence-corrected chi connectivity index (χ2v) is 0.848. The minimum atomic E-state index is -3.13. The molecule has 0 rings (SSSR count). The van der Waals surface area contributed by atoms with E-state index in [1.54, 1.807) is 0 Å². The van der Waals surface area contributed by atoms with E-state index >= 15 is 0 Å². The minimum absolute atomic E-state index is 0. The van der Waals surface area contributed by atoms with Crippen LogP contribution < -0.4 is 0 Å². The van der Waals surface area contributed by atoms with E-state index in [1.165, 1.54) is 0 Å². The Morgan fingerprint density at radius 1 is 1.29 bits per heavy atom. The molecule has 0 radical (unpaired) electrons. The Morgan fingerprint density at radius 3 is 1.29 bits per heavy atom. The zero-order valence-corrected chi connectivity index (χ0v) is 2.80. The zero-order chi connectivity index (χ0) is 3.58. The monoisotopic (exact) mass is 236 g/mol. The summed E-state index contributed by atoms with van der Waals surface area (Å²) < 4.78 is 8.74. The molecule has 0 bridgehead atoms. The first-order valence-electron chi connectivity index (χ1n) is 0.651. The topological polar surface area (TPSA) is 57.5 Å². The van der Waals surface area contributed by atoms with Crippen molar-refractivity contribution in [2.45, 2.75) is 0 Å². The van der Waals surface area contributed by atoms with Gasteiger partial charge in [0.2, 0.25) is 0 Å². The molecule has 2 N–H and O–H groups in total. The van der Waals surface area contributed by atoms with Crippen molar-refractivity contribution in [2.75, 3.05) is 0 Å². The first kappa shape index (κ1) is 22.5. The third-order valence-electron chi connectivity index (χ3n) is 0. The summed E-state index contributed by atoms with van der Waals surface area (Å²) in [5, 5.41) is 0. The molecule has 0 spiro atoms. The van der Waals surface area contributed by atoms with Crippen molar-refractivity contribution in [1.82, 2.24) is 0 Å². The summed E-state index contributed by atoms with van der Waals surface area (Å²) in [6.07, 6.45) is 0. The summed E-state index contributed by atoms with van der Waals surface area (Å²) >= 11 is 0.